The van der Waals surface area contributed by atoms with Crippen molar-refractivity contribution < 1.29 is 13.2 Å². The SMILES string of the molecule is FC(F)(F)c1ccc2c(c1)C(c1ccn[nH]1)CCN2. The van der Waals surface area contributed by atoms with Crippen LogP contribution in [0.15, 0.2) is 30.5 Å². The molecule has 3 rings (SSSR count). The third-order valence-corrected chi connectivity index (χ3v) is 3.40. The van der Waals surface area contributed by atoms with E-state index in [1.54, 1.807) is 12.3 Å². The number of fused-ring (bicyclic) bond motifs is 1. The predicted octanol–water partition coefficient (Wildman–Crippen LogP) is 3.38. The molecule has 1 aliphatic rings. The first-order valence-corrected chi connectivity index (χ1v) is 6.00. The quantitative estimate of drug-likeness (QED) is 0.831. The van der Waals surface area contributed by atoms with Gasteiger partial charge in [-0.1, -0.05) is 0 Å². The van der Waals surface area contributed by atoms with Gasteiger partial charge in [-0.3, -0.25) is 5.10 Å². The number of nitrogens with zero attached hydrogens (tertiary/aromatic N) is 1. The Hall–Kier alpha value is -1.98. The van der Waals surface area contributed by atoms with Crippen LogP contribution in [0, 0.1) is 0 Å². The summed E-state index contributed by atoms with van der Waals surface area (Å²) in [5, 5.41) is 9.85. The molecule has 2 N–H and O–H groups in total. The lowest BCUT2D eigenvalue weighted by Gasteiger charge is -2.26. The van der Waals surface area contributed by atoms with Gasteiger partial charge in [0.15, 0.2) is 0 Å². The summed E-state index contributed by atoms with van der Waals surface area (Å²) in [6.45, 7) is 0.738. The molecule has 0 saturated carbocycles. The molecule has 0 amide bonds. The van der Waals surface area contributed by atoms with Gasteiger partial charge in [0.2, 0.25) is 0 Å². The van der Waals surface area contributed by atoms with Crippen LogP contribution in [0.1, 0.15) is 29.2 Å². The largest absolute Gasteiger partial charge is 0.416 e. The van der Waals surface area contributed by atoms with Crippen molar-refractivity contribution in [2.45, 2.75) is 18.5 Å². The van der Waals surface area contributed by atoms with Gasteiger partial charge in [0.05, 0.1) is 5.56 Å². The summed E-state index contributed by atoms with van der Waals surface area (Å²) in [6, 6.07) is 5.65. The first kappa shape index (κ1) is 12.1. The molecule has 1 aromatic heterocycles. The number of benzene rings is 1. The minimum absolute atomic E-state index is 0.0685. The van der Waals surface area contributed by atoms with Crippen LogP contribution in [0.2, 0.25) is 0 Å². The molecule has 1 atom stereocenters. The maximum absolute atomic E-state index is 12.8. The Balaban J connectivity index is 2.07. The molecule has 0 bridgehead atoms. The van der Waals surface area contributed by atoms with Gasteiger partial charge in [-0.25, -0.2) is 0 Å². The summed E-state index contributed by atoms with van der Waals surface area (Å²) < 4.78 is 38.4. The fourth-order valence-corrected chi connectivity index (χ4v) is 2.48. The molecule has 0 saturated heterocycles. The number of aromatic amines is 1. The van der Waals surface area contributed by atoms with E-state index in [1.165, 1.54) is 12.1 Å². The normalized spacial score (nSPS) is 18.8. The zero-order valence-corrected chi connectivity index (χ0v) is 9.96. The molecule has 1 aliphatic heterocycles. The Morgan fingerprint density at radius 1 is 1.21 bits per heavy atom. The van der Waals surface area contributed by atoms with Gasteiger partial charge in [-0.15, -0.1) is 0 Å². The Labute approximate surface area is 107 Å². The number of hydrogen-bond donors (Lipinski definition) is 2. The summed E-state index contributed by atoms with van der Waals surface area (Å²) in [5.74, 6) is -0.0685. The van der Waals surface area contributed by atoms with E-state index in [2.05, 4.69) is 15.5 Å². The molecule has 0 spiro atoms. The van der Waals surface area contributed by atoms with Gasteiger partial charge in [-0.05, 0) is 36.2 Å². The van der Waals surface area contributed by atoms with E-state index in [0.717, 1.165) is 30.4 Å². The number of rotatable bonds is 1. The number of aromatic nitrogens is 2. The highest BCUT2D eigenvalue weighted by molar-refractivity contribution is 5.58. The van der Waals surface area contributed by atoms with Gasteiger partial charge in [0.25, 0.3) is 0 Å². The van der Waals surface area contributed by atoms with E-state index in [-0.39, 0.29) is 5.92 Å². The summed E-state index contributed by atoms with van der Waals surface area (Å²) in [6.07, 6.45) is -1.95. The number of nitrogens with one attached hydrogen (secondary N) is 2. The molecule has 19 heavy (non-hydrogen) atoms. The smallest absolute Gasteiger partial charge is 0.385 e. The third kappa shape index (κ3) is 2.18. The van der Waals surface area contributed by atoms with E-state index >= 15 is 0 Å². The molecule has 0 radical (unpaired) electrons. The van der Waals surface area contributed by atoms with Crippen LogP contribution in [0.5, 0.6) is 0 Å². The predicted molar refractivity (Wildman–Crippen MR) is 65.0 cm³/mol. The van der Waals surface area contributed by atoms with E-state index in [4.69, 9.17) is 0 Å². The van der Waals surface area contributed by atoms with Crippen molar-refractivity contribution >= 4 is 5.69 Å². The molecular weight excluding hydrogens is 255 g/mol. The summed E-state index contributed by atoms with van der Waals surface area (Å²) >= 11 is 0. The van der Waals surface area contributed by atoms with Gasteiger partial charge in [-0.2, -0.15) is 18.3 Å². The van der Waals surface area contributed by atoms with Crippen molar-refractivity contribution in [1.29, 1.82) is 0 Å². The van der Waals surface area contributed by atoms with Crippen LogP contribution < -0.4 is 5.32 Å². The first-order chi connectivity index (χ1) is 9.05. The summed E-state index contributed by atoms with van der Waals surface area (Å²) in [7, 11) is 0. The average Bonchev–Trinajstić information content (AvgIpc) is 2.90. The van der Waals surface area contributed by atoms with Crippen LogP contribution in [-0.4, -0.2) is 16.7 Å². The van der Waals surface area contributed by atoms with Gasteiger partial charge < -0.3 is 5.32 Å². The Bertz CT molecular complexity index is 575. The summed E-state index contributed by atoms with van der Waals surface area (Å²) in [4.78, 5) is 0. The maximum Gasteiger partial charge on any atom is 0.416 e. The Morgan fingerprint density at radius 2 is 2.05 bits per heavy atom. The number of hydrogen-bond acceptors (Lipinski definition) is 2. The molecule has 2 aromatic rings. The molecular formula is C13H12F3N3. The monoisotopic (exact) mass is 267 g/mol. The zero-order chi connectivity index (χ0) is 13.5. The van der Waals surface area contributed by atoms with Crippen LogP contribution >= 0.6 is 0 Å². The lowest BCUT2D eigenvalue weighted by Crippen LogP contribution is -2.19. The summed E-state index contributed by atoms with van der Waals surface area (Å²) in [5.41, 5.74) is 1.67. The number of anilines is 1. The Morgan fingerprint density at radius 3 is 2.74 bits per heavy atom. The second-order valence-electron chi connectivity index (χ2n) is 4.58. The van der Waals surface area contributed by atoms with E-state index in [0.29, 0.717) is 5.56 Å². The van der Waals surface area contributed by atoms with Crippen molar-refractivity contribution in [2.24, 2.45) is 0 Å². The van der Waals surface area contributed by atoms with Gasteiger partial charge >= 0.3 is 6.18 Å². The fraction of sp³-hybridized carbons (Fsp3) is 0.308. The topological polar surface area (TPSA) is 40.7 Å². The van der Waals surface area contributed by atoms with Crippen molar-refractivity contribution in [3.05, 3.63) is 47.3 Å². The minimum atomic E-state index is -4.31. The standard InChI is InChI=1S/C13H12F3N3/c14-13(15,16)8-1-2-11-10(7-8)9(3-5-17-11)12-4-6-18-19-12/h1-2,4,6-7,9,17H,3,5H2,(H,18,19). The molecule has 0 fully saturated rings. The highest BCUT2D eigenvalue weighted by atomic mass is 19.4. The molecule has 3 nitrogen and oxygen atoms in total. The first-order valence-electron chi connectivity index (χ1n) is 6.00. The highest BCUT2D eigenvalue weighted by Gasteiger charge is 2.33. The van der Waals surface area contributed by atoms with Crippen LogP contribution in [0.4, 0.5) is 18.9 Å². The second kappa shape index (κ2) is 4.29. The molecule has 0 aliphatic carbocycles. The number of H-pyrrole nitrogens is 1. The third-order valence-electron chi connectivity index (χ3n) is 3.40. The van der Waals surface area contributed by atoms with Crippen LogP contribution in [0.25, 0.3) is 0 Å². The van der Waals surface area contributed by atoms with E-state index in [1.807, 2.05) is 0 Å². The molecule has 100 valence electrons. The van der Waals surface area contributed by atoms with Crippen LogP contribution in [0.3, 0.4) is 0 Å². The highest BCUT2D eigenvalue weighted by Crippen LogP contribution is 2.39. The lowest BCUT2D eigenvalue weighted by atomic mass is 9.87. The van der Waals surface area contributed by atoms with Crippen molar-refractivity contribution in [3.63, 3.8) is 0 Å². The van der Waals surface area contributed by atoms with E-state index in [9.17, 15) is 13.2 Å². The van der Waals surface area contributed by atoms with Crippen molar-refractivity contribution in [2.75, 3.05) is 11.9 Å². The van der Waals surface area contributed by atoms with Crippen molar-refractivity contribution in [1.82, 2.24) is 10.2 Å². The minimum Gasteiger partial charge on any atom is -0.385 e. The van der Waals surface area contributed by atoms with Crippen molar-refractivity contribution in [3.8, 4) is 0 Å². The lowest BCUT2D eigenvalue weighted by molar-refractivity contribution is -0.137. The van der Waals surface area contributed by atoms with Gasteiger partial charge in [0.1, 0.15) is 0 Å². The maximum atomic E-state index is 12.8. The second-order valence-corrected chi connectivity index (χ2v) is 4.58. The number of halogens is 3. The molecule has 2 heterocycles. The average molecular weight is 267 g/mol. The molecule has 1 unspecified atom stereocenters. The Kier molecular flexibility index (Phi) is 2.73. The fourth-order valence-electron chi connectivity index (χ4n) is 2.48. The van der Waals surface area contributed by atoms with E-state index < -0.39 is 11.7 Å². The van der Waals surface area contributed by atoms with Crippen LogP contribution in [-0.2, 0) is 6.18 Å². The molecule has 1 aromatic carbocycles. The number of alkyl halides is 3. The zero-order valence-electron chi connectivity index (χ0n) is 9.96. The molecule has 6 heteroatoms. The van der Waals surface area contributed by atoms with Gasteiger partial charge in [0, 0.05) is 30.0 Å².